The summed E-state index contributed by atoms with van der Waals surface area (Å²) in [4.78, 5) is 5.91. The Bertz CT molecular complexity index is 771. The fraction of sp³-hybridized carbons (Fsp3) is 0.133. The number of aryl methyl sites for hydroxylation is 1. The van der Waals surface area contributed by atoms with E-state index in [1.165, 1.54) is 10.4 Å². The van der Waals surface area contributed by atoms with Crippen molar-refractivity contribution in [1.29, 1.82) is 0 Å². The number of halogens is 1. The Morgan fingerprint density at radius 1 is 1.15 bits per heavy atom. The summed E-state index contributed by atoms with van der Waals surface area (Å²) in [6.45, 7) is 2.39. The van der Waals surface area contributed by atoms with E-state index in [1.54, 1.807) is 11.3 Å². The Hall–Kier alpha value is -1.78. The van der Waals surface area contributed by atoms with E-state index in [1.807, 2.05) is 18.2 Å². The Kier molecular flexibility index (Phi) is 3.28. The number of ether oxygens (including phenoxy) is 2. The van der Waals surface area contributed by atoms with Crippen LogP contribution in [0.3, 0.4) is 0 Å². The van der Waals surface area contributed by atoms with Gasteiger partial charge in [-0.15, -0.1) is 23.7 Å². The smallest absolute Gasteiger partial charge is 0.231 e. The molecule has 0 saturated carbocycles. The zero-order valence-corrected chi connectivity index (χ0v) is 12.4. The highest BCUT2D eigenvalue weighted by Gasteiger charge is 2.16. The minimum atomic E-state index is 0. The molecule has 0 amide bonds. The Morgan fingerprint density at radius 2 is 1.95 bits per heavy atom. The minimum Gasteiger partial charge on any atom is -0.454 e. The third kappa shape index (κ3) is 2.01. The van der Waals surface area contributed by atoms with Crippen molar-refractivity contribution in [2.24, 2.45) is 0 Å². The van der Waals surface area contributed by atoms with Crippen LogP contribution in [0, 0.1) is 6.92 Å². The van der Waals surface area contributed by atoms with Crippen molar-refractivity contribution in [3.63, 3.8) is 0 Å². The van der Waals surface area contributed by atoms with Crippen molar-refractivity contribution in [1.82, 2.24) is 4.98 Å². The summed E-state index contributed by atoms with van der Waals surface area (Å²) in [5.74, 6) is 1.59. The molecule has 1 aliphatic rings. The van der Waals surface area contributed by atoms with Gasteiger partial charge in [0, 0.05) is 11.5 Å². The summed E-state index contributed by atoms with van der Waals surface area (Å²) < 4.78 is 10.8. The van der Waals surface area contributed by atoms with Crippen LogP contribution in [0.25, 0.3) is 21.5 Å². The molecule has 0 spiro atoms. The lowest BCUT2D eigenvalue weighted by atomic mass is 10.1. The summed E-state index contributed by atoms with van der Waals surface area (Å²) in [6, 6.07) is 10.2. The van der Waals surface area contributed by atoms with Crippen molar-refractivity contribution in [3.05, 3.63) is 41.3 Å². The summed E-state index contributed by atoms with van der Waals surface area (Å²) in [6.07, 6.45) is 0. The van der Waals surface area contributed by atoms with Crippen molar-refractivity contribution in [2.45, 2.75) is 6.92 Å². The first-order chi connectivity index (χ1) is 9.31. The molecule has 0 atom stereocenters. The number of aromatic nitrogens is 1. The molecule has 102 valence electrons. The standard InChI is InChI=1S/C15H11NO2S.ClH/c1-9-5-12(15-3-2-4-19-15)16-11-7-14-13(6-10(9)11)17-8-18-14;/h2-7H,8H2,1H3;1H. The number of nitrogens with zero attached hydrogens (tertiary/aromatic N) is 1. The van der Waals surface area contributed by atoms with E-state index >= 15 is 0 Å². The van der Waals surface area contributed by atoms with Gasteiger partial charge in [-0.2, -0.15) is 0 Å². The molecule has 20 heavy (non-hydrogen) atoms. The van der Waals surface area contributed by atoms with Crippen molar-refractivity contribution < 1.29 is 9.47 Å². The molecular weight excluding hydrogens is 294 g/mol. The van der Waals surface area contributed by atoms with Gasteiger partial charge < -0.3 is 9.47 Å². The second kappa shape index (κ2) is 4.96. The van der Waals surface area contributed by atoms with Gasteiger partial charge in [-0.1, -0.05) is 6.07 Å². The molecule has 0 aliphatic carbocycles. The molecule has 0 saturated heterocycles. The predicted molar refractivity (Wildman–Crippen MR) is 83.2 cm³/mol. The number of hydrogen-bond donors (Lipinski definition) is 0. The molecule has 1 aliphatic heterocycles. The molecular formula is C15H12ClNO2S. The average Bonchev–Trinajstić information content (AvgIpc) is 3.07. The summed E-state index contributed by atoms with van der Waals surface area (Å²) in [7, 11) is 0. The van der Waals surface area contributed by atoms with Crippen LogP contribution in [0.2, 0.25) is 0 Å². The van der Waals surface area contributed by atoms with Crippen molar-refractivity contribution in [2.75, 3.05) is 6.79 Å². The van der Waals surface area contributed by atoms with Gasteiger partial charge in [0.1, 0.15) is 0 Å². The molecule has 0 bridgehead atoms. The normalized spacial score (nSPS) is 12.4. The Labute approximate surface area is 126 Å². The highest BCUT2D eigenvalue weighted by Crippen LogP contribution is 2.37. The average molecular weight is 306 g/mol. The summed E-state index contributed by atoms with van der Waals surface area (Å²) in [5, 5.41) is 3.18. The van der Waals surface area contributed by atoms with Crippen molar-refractivity contribution >= 4 is 34.6 Å². The Balaban J connectivity index is 0.00000121. The van der Waals surface area contributed by atoms with Crippen LogP contribution in [0.4, 0.5) is 0 Å². The van der Waals surface area contributed by atoms with E-state index in [0.717, 1.165) is 28.1 Å². The van der Waals surface area contributed by atoms with Gasteiger partial charge in [0.15, 0.2) is 11.5 Å². The number of hydrogen-bond acceptors (Lipinski definition) is 4. The second-order valence-electron chi connectivity index (χ2n) is 4.52. The minimum absolute atomic E-state index is 0. The van der Waals surface area contributed by atoms with Gasteiger partial charge in [-0.3, -0.25) is 0 Å². The van der Waals surface area contributed by atoms with E-state index in [9.17, 15) is 0 Å². The van der Waals surface area contributed by atoms with Gasteiger partial charge in [-0.25, -0.2) is 4.98 Å². The number of thiophene rings is 1. The highest BCUT2D eigenvalue weighted by atomic mass is 35.5. The third-order valence-electron chi connectivity index (χ3n) is 3.28. The fourth-order valence-electron chi connectivity index (χ4n) is 2.33. The maximum Gasteiger partial charge on any atom is 0.231 e. The van der Waals surface area contributed by atoms with Gasteiger partial charge in [0.05, 0.1) is 16.1 Å². The van der Waals surface area contributed by atoms with Crippen LogP contribution in [0.1, 0.15) is 5.56 Å². The quantitative estimate of drug-likeness (QED) is 0.667. The molecule has 1 aromatic carbocycles. The molecule has 4 rings (SSSR count). The largest absolute Gasteiger partial charge is 0.454 e. The molecule has 2 aromatic heterocycles. The van der Waals surface area contributed by atoms with Gasteiger partial charge in [0.2, 0.25) is 6.79 Å². The second-order valence-corrected chi connectivity index (χ2v) is 5.47. The number of rotatable bonds is 1. The molecule has 0 fully saturated rings. The van der Waals surface area contributed by atoms with Crippen molar-refractivity contribution in [3.8, 4) is 22.1 Å². The maximum absolute atomic E-state index is 5.42. The van der Waals surface area contributed by atoms with Gasteiger partial charge in [0.25, 0.3) is 0 Å². The SMILES string of the molecule is Cc1cc(-c2cccs2)nc2cc3c(cc12)OCO3.Cl. The van der Waals surface area contributed by atoms with Crippen LogP contribution >= 0.6 is 23.7 Å². The van der Waals surface area contributed by atoms with Crippen LogP contribution < -0.4 is 9.47 Å². The zero-order valence-electron chi connectivity index (χ0n) is 10.8. The van der Waals surface area contributed by atoms with E-state index in [-0.39, 0.29) is 12.4 Å². The molecule has 3 nitrogen and oxygen atoms in total. The maximum atomic E-state index is 5.42. The predicted octanol–water partition coefficient (Wildman–Crippen LogP) is 4.42. The van der Waals surface area contributed by atoms with Crippen LogP contribution in [-0.4, -0.2) is 11.8 Å². The van der Waals surface area contributed by atoms with E-state index < -0.39 is 0 Å². The van der Waals surface area contributed by atoms with E-state index in [4.69, 9.17) is 14.5 Å². The first-order valence-corrected chi connectivity index (χ1v) is 6.94. The number of fused-ring (bicyclic) bond motifs is 2. The lowest BCUT2D eigenvalue weighted by molar-refractivity contribution is 0.174. The monoisotopic (exact) mass is 305 g/mol. The topological polar surface area (TPSA) is 31.4 Å². The third-order valence-corrected chi connectivity index (χ3v) is 4.18. The van der Waals surface area contributed by atoms with Crippen LogP contribution in [-0.2, 0) is 0 Å². The van der Waals surface area contributed by atoms with E-state index in [0.29, 0.717) is 6.79 Å². The number of pyridine rings is 1. The molecule has 3 aromatic rings. The summed E-state index contributed by atoms with van der Waals surface area (Å²) in [5.41, 5.74) is 3.17. The lowest BCUT2D eigenvalue weighted by Gasteiger charge is -2.06. The van der Waals surface area contributed by atoms with Crippen LogP contribution in [0.5, 0.6) is 11.5 Å². The number of benzene rings is 1. The van der Waals surface area contributed by atoms with Crippen LogP contribution in [0.15, 0.2) is 35.7 Å². The van der Waals surface area contributed by atoms with Gasteiger partial charge in [-0.05, 0) is 36.1 Å². The molecule has 0 N–H and O–H groups in total. The van der Waals surface area contributed by atoms with E-state index in [2.05, 4.69) is 24.4 Å². The van der Waals surface area contributed by atoms with Gasteiger partial charge >= 0.3 is 0 Å². The Morgan fingerprint density at radius 3 is 2.70 bits per heavy atom. The summed E-state index contributed by atoms with van der Waals surface area (Å²) >= 11 is 1.70. The lowest BCUT2D eigenvalue weighted by Crippen LogP contribution is -1.92. The fourth-order valence-corrected chi connectivity index (χ4v) is 3.02. The molecule has 3 heterocycles. The zero-order chi connectivity index (χ0) is 12.8. The molecule has 5 heteroatoms. The molecule has 0 radical (unpaired) electrons. The molecule has 0 unspecified atom stereocenters. The first kappa shape index (κ1) is 13.2. The highest BCUT2D eigenvalue weighted by molar-refractivity contribution is 7.13. The first-order valence-electron chi connectivity index (χ1n) is 6.06.